The molecule has 102 valence electrons. The van der Waals surface area contributed by atoms with Crippen LogP contribution in [0, 0.1) is 0 Å². The van der Waals surface area contributed by atoms with Gasteiger partial charge in [-0.1, -0.05) is 19.8 Å². The van der Waals surface area contributed by atoms with Gasteiger partial charge in [-0.05, 0) is 26.3 Å². The number of hydrogen-bond acceptors (Lipinski definition) is 3. The van der Waals surface area contributed by atoms with Gasteiger partial charge in [-0.15, -0.1) is 0 Å². The third-order valence-corrected chi connectivity index (χ3v) is 3.79. The van der Waals surface area contributed by atoms with E-state index in [0.717, 1.165) is 51.7 Å². The number of aromatic nitrogens is 2. The summed E-state index contributed by atoms with van der Waals surface area (Å²) in [6, 6.07) is 0. The Kier molecular flexibility index (Phi) is 4.40. The number of imidazole rings is 1. The van der Waals surface area contributed by atoms with E-state index in [0.29, 0.717) is 0 Å². The predicted octanol–water partition coefficient (Wildman–Crippen LogP) is 2.03. The second-order valence-corrected chi connectivity index (χ2v) is 5.68. The Bertz CT molecular complexity index is 369. The smallest absolute Gasteiger partial charge is 0.0948 e. The summed E-state index contributed by atoms with van der Waals surface area (Å²) in [7, 11) is 2.08. The highest BCUT2D eigenvalue weighted by Crippen LogP contribution is 2.30. The van der Waals surface area contributed by atoms with E-state index in [4.69, 9.17) is 0 Å². The zero-order valence-electron chi connectivity index (χ0n) is 11.6. The van der Waals surface area contributed by atoms with Crippen LogP contribution in [-0.2, 0) is 13.1 Å². The fraction of sp³-hybridized carbons (Fsp3) is 0.786. The van der Waals surface area contributed by atoms with E-state index in [9.17, 15) is 5.11 Å². The highest BCUT2D eigenvalue weighted by atomic mass is 16.3. The summed E-state index contributed by atoms with van der Waals surface area (Å²) in [5.74, 6) is 0. The van der Waals surface area contributed by atoms with Crippen molar-refractivity contribution in [2.45, 2.75) is 57.7 Å². The summed E-state index contributed by atoms with van der Waals surface area (Å²) in [6.45, 7) is 4.83. The van der Waals surface area contributed by atoms with Crippen LogP contribution in [0.4, 0.5) is 0 Å². The largest absolute Gasteiger partial charge is 0.389 e. The van der Waals surface area contributed by atoms with E-state index in [1.165, 1.54) is 5.69 Å². The minimum atomic E-state index is -0.454. The molecule has 0 unspecified atom stereocenters. The maximum atomic E-state index is 10.4. The van der Waals surface area contributed by atoms with Crippen LogP contribution in [0.3, 0.4) is 0 Å². The monoisotopic (exact) mass is 251 g/mol. The molecule has 1 aromatic heterocycles. The Balaban J connectivity index is 1.90. The molecule has 0 radical (unpaired) electrons. The summed E-state index contributed by atoms with van der Waals surface area (Å²) >= 11 is 0. The number of aliphatic hydroxyl groups is 1. The highest BCUT2D eigenvalue weighted by Gasteiger charge is 2.32. The normalized spacial score (nSPS) is 18.7. The van der Waals surface area contributed by atoms with Crippen molar-refractivity contribution in [1.82, 2.24) is 14.5 Å². The molecule has 0 amide bonds. The molecule has 1 heterocycles. The van der Waals surface area contributed by atoms with Gasteiger partial charge < -0.3 is 9.67 Å². The zero-order valence-corrected chi connectivity index (χ0v) is 11.6. The Hall–Kier alpha value is -0.870. The van der Waals surface area contributed by atoms with Crippen LogP contribution in [-0.4, -0.2) is 38.8 Å². The molecule has 1 fully saturated rings. The molecule has 4 heteroatoms. The predicted molar refractivity (Wildman–Crippen MR) is 72.3 cm³/mol. The Morgan fingerprint density at radius 2 is 2.17 bits per heavy atom. The van der Waals surface area contributed by atoms with E-state index >= 15 is 0 Å². The van der Waals surface area contributed by atoms with Crippen LogP contribution in [0.2, 0.25) is 0 Å². The molecule has 0 atom stereocenters. The quantitative estimate of drug-likeness (QED) is 0.841. The van der Waals surface area contributed by atoms with Crippen molar-refractivity contribution in [3.05, 3.63) is 18.2 Å². The summed E-state index contributed by atoms with van der Waals surface area (Å²) < 4.78 is 2.20. The Labute approximate surface area is 110 Å². The molecule has 0 spiro atoms. The van der Waals surface area contributed by atoms with Crippen molar-refractivity contribution in [2.24, 2.45) is 0 Å². The van der Waals surface area contributed by atoms with Gasteiger partial charge in [0.05, 0.1) is 17.6 Å². The minimum absolute atomic E-state index is 0.454. The van der Waals surface area contributed by atoms with Crippen LogP contribution in [0.25, 0.3) is 0 Å². The van der Waals surface area contributed by atoms with Crippen molar-refractivity contribution >= 4 is 0 Å². The van der Waals surface area contributed by atoms with E-state index in [1.807, 2.05) is 12.5 Å². The first-order chi connectivity index (χ1) is 8.63. The first kappa shape index (κ1) is 13.6. The summed E-state index contributed by atoms with van der Waals surface area (Å²) in [5.41, 5.74) is 0.783. The lowest BCUT2D eigenvalue weighted by molar-refractivity contribution is 0.0140. The maximum absolute atomic E-state index is 10.4. The number of hydrogen-bond donors (Lipinski definition) is 1. The molecule has 1 saturated carbocycles. The van der Waals surface area contributed by atoms with Crippen molar-refractivity contribution in [1.29, 1.82) is 0 Å². The van der Waals surface area contributed by atoms with Gasteiger partial charge in [0.2, 0.25) is 0 Å². The second-order valence-electron chi connectivity index (χ2n) is 5.68. The van der Waals surface area contributed by atoms with E-state index in [-0.39, 0.29) is 0 Å². The molecular weight excluding hydrogens is 226 g/mol. The maximum Gasteiger partial charge on any atom is 0.0948 e. The fourth-order valence-electron chi connectivity index (χ4n) is 2.95. The van der Waals surface area contributed by atoms with Crippen LogP contribution >= 0.6 is 0 Å². The SMILES string of the molecule is CCCn1cncc1CN(C)CC1(O)CCCC1. The molecule has 2 rings (SSSR count). The van der Waals surface area contributed by atoms with Crippen LogP contribution in [0.5, 0.6) is 0 Å². The summed E-state index contributed by atoms with van der Waals surface area (Å²) in [5, 5.41) is 10.4. The van der Waals surface area contributed by atoms with Gasteiger partial charge in [-0.25, -0.2) is 4.98 Å². The lowest BCUT2D eigenvalue weighted by atomic mass is 10.0. The first-order valence-corrected chi connectivity index (χ1v) is 7.03. The van der Waals surface area contributed by atoms with E-state index < -0.39 is 5.60 Å². The number of nitrogens with zero attached hydrogens (tertiary/aromatic N) is 3. The van der Waals surface area contributed by atoms with Crippen LogP contribution in [0.15, 0.2) is 12.5 Å². The molecule has 0 saturated heterocycles. The highest BCUT2D eigenvalue weighted by molar-refractivity contribution is 4.99. The lowest BCUT2D eigenvalue weighted by Gasteiger charge is -2.28. The number of rotatable bonds is 6. The third kappa shape index (κ3) is 3.33. The summed E-state index contributed by atoms with van der Waals surface area (Å²) in [6.07, 6.45) is 9.19. The fourth-order valence-corrected chi connectivity index (χ4v) is 2.95. The molecular formula is C14H25N3O. The van der Waals surface area contributed by atoms with E-state index in [2.05, 4.69) is 28.4 Å². The number of likely N-dealkylation sites (N-methyl/N-ethyl adjacent to an activating group) is 1. The molecule has 4 nitrogen and oxygen atoms in total. The van der Waals surface area contributed by atoms with Gasteiger partial charge in [0.1, 0.15) is 0 Å². The van der Waals surface area contributed by atoms with Crippen LogP contribution < -0.4 is 0 Å². The first-order valence-electron chi connectivity index (χ1n) is 7.03. The van der Waals surface area contributed by atoms with Gasteiger partial charge in [0, 0.05) is 25.8 Å². The zero-order chi connectivity index (χ0) is 13.0. The van der Waals surface area contributed by atoms with Crippen molar-refractivity contribution < 1.29 is 5.11 Å². The Morgan fingerprint density at radius 1 is 1.44 bits per heavy atom. The van der Waals surface area contributed by atoms with Gasteiger partial charge >= 0.3 is 0 Å². The summed E-state index contributed by atoms with van der Waals surface area (Å²) in [4.78, 5) is 6.43. The molecule has 0 aromatic carbocycles. The molecule has 1 aliphatic rings. The van der Waals surface area contributed by atoms with Gasteiger partial charge in [0.15, 0.2) is 0 Å². The van der Waals surface area contributed by atoms with Crippen molar-refractivity contribution in [2.75, 3.05) is 13.6 Å². The minimum Gasteiger partial charge on any atom is -0.389 e. The molecule has 1 aromatic rings. The standard InChI is InChI=1S/C14H25N3O/c1-3-8-17-12-15-9-13(17)10-16(2)11-14(18)6-4-5-7-14/h9,12,18H,3-8,10-11H2,1-2H3. The average Bonchev–Trinajstić information content (AvgIpc) is 2.89. The third-order valence-electron chi connectivity index (χ3n) is 3.79. The average molecular weight is 251 g/mol. The lowest BCUT2D eigenvalue weighted by Crippen LogP contribution is -2.39. The molecule has 1 aliphatic carbocycles. The number of aryl methyl sites for hydroxylation is 1. The molecule has 1 N–H and O–H groups in total. The van der Waals surface area contributed by atoms with Gasteiger partial charge in [0.25, 0.3) is 0 Å². The molecule has 18 heavy (non-hydrogen) atoms. The van der Waals surface area contributed by atoms with Gasteiger partial charge in [-0.2, -0.15) is 0 Å². The van der Waals surface area contributed by atoms with Crippen molar-refractivity contribution in [3.63, 3.8) is 0 Å². The molecule has 0 aliphatic heterocycles. The van der Waals surface area contributed by atoms with Crippen LogP contribution in [0.1, 0.15) is 44.7 Å². The Morgan fingerprint density at radius 3 is 2.83 bits per heavy atom. The second kappa shape index (κ2) is 5.85. The molecule has 0 bridgehead atoms. The van der Waals surface area contributed by atoms with Crippen molar-refractivity contribution in [3.8, 4) is 0 Å². The van der Waals surface area contributed by atoms with E-state index in [1.54, 1.807) is 0 Å². The van der Waals surface area contributed by atoms with Gasteiger partial charge in [-0.3, -0.25) is 4.90 Å². The topological polar surface area (TPSA) is 41.3 Å².